The van der Waals surface area contributed by atoms with Crippen molar-refractivity contribution in [2.45, 2.75) is 13.8 Å². The lowest BCUT2D eigenvalue weighted by Crippen LogP contribution is -2.20. The van der Waals surface area contributed by atoms with E-state index in [0.717, 1.165) is 16.8 Å². The van der Waals surface area contributed by atoms with E-state index in [1.54, 1.807) is 10.6 Å². The molecule has 110 valence electrons. The summed E-state index contributed by atoms with van der Waals surface area (Å²) in [5.74, 6) is -0.275. The summed E-state index contributed by atoms with van der Waals surface area (Å²) in [5.41, 5.74) is 6.48. The van der Waals surface area contributed by atoms with Crippen LogP contribution < -0.4 is 5.43 Å². The predicted octanol–water partition coefficient (Wildman–Crippen LogP) is 2.72. The Bertz CT molecular complexity index is 850. The summed E-state index contributed by atoms with van der Waals surface area (Å²) in [6.07, 6.45) is 3.44. The number of rotatable bonds is 3. The van der Waals surface area contributed by atoms with E-state index in [2.05, 4.69) is 15.5 Å². The third-order valence-electron chi connectivity index (χ3n) is 3.41. The number of fused-ring (bicyclic) bond motifs is 1. The third-order valence-corrected chi connectivity index (χ3v) is 3.41. The van der Waals surface area contributed by atoms with Crippen LogP contribution in [0, 0.1) is 13.8 Å². The van der Waals surface area contributed by atoms with Crippen LogP contribution in [0.15, 0.2) is 53.8 Å². The van der Waals surface area contributed by atoms with E-state index in [-0.39, 0.29) is 5.91 Å². The Kier molecular flexibility index (Phi) is 3.70. The molecule has 0 spiro atoms. The fraction of sp³-hybridized carbons (Fsp3) is 0.118. The summed E-state index contributed by atoms with van der Waals surface area (Å²) in [6, 6.07) is 13.5. The Morgan fingerprint density at radius 2 is 1.95 bits per heavy atom. The minimum absolute atomic E-state index is 0.275. The average Bonchev–Trinajstić information content (AvgIpc) is 2.86. The quantitative estimate of drug-likeness (QED) is 0.596. The van der Waals surface area contributed by atoms with Crippen LogP contribution in [0.1, 0.15) is 27.3 Å². The number of amides is 1. The lowest BCUT2D eigenvalue weighted by Gasteiger charge is -2.02. The highest BCUT2D eigenvalue weighted by Gasteiger charge is 2.16. The van der Waals surface area contributed by atoms with Crippen LogP contribution in [0.4, 0.5) is 0 Å². The maximum absolute atomic E-state index is 12.4. The van der Waals surface area contributed by atoms with Gasteiger partial charge in [-0.25, -0.2) is 10.4 Å². The molecule has 5 nitrogen and oxygen atoms in total. The molecule has 3 rings (SSSR count). The van der Waals surface area contributed by atoms with Crippen molar-refractivity contribution in [3.63, 3.8) is 0 Å². The molecular weight excluding hydrogens is 276 g/mol. The molecule has 3 aromatic rings. The molecule has 1 N–H and O–H groups in total. The summed E-state index contributed by atoms with van der Waals surface area (Å²) in [5, 5.41) is 4.00. The van der Waals surface area contributed by atoms with Crippen LogP contribution in [0.2, 0.25) is 0 Å². The van der Waals surface area contributed by atoms with Crippen molar-refractivity contribution in [1.29, 1.82) is 0 Å². The van der Waals surface area contributed by atoms with Crippen molar-refractivity contribution < 1.29 is 4.79 Å². The fourth-order valence-electron chi connectivity index (χ4n) is 2.35. The van der Waals surface area contributed by atoms with Gasteiger partial charge in [-0.05, 0) is 31.0 Å². The third kappa shape index (κ3) is 2.61. The summed E-state index contributed by atoms with van der Waals surface area (Å²) >= 11 is 0. The number of benzene rings is 1. The molecule has 5 heteroatoms. The molecule has 22 heavy (non-hydrogen) atoms. The summed E-state index contributed by atoms with van der Waals surface area (Å²) in [7, 11) is 0. The minimum Gasteiger partial charge on any atom is -0.295 e. The highest BCUT2D eigenvalue weighted by molar-refractivity contribution is 5.95. The second kappa shape index (κ2) is 5.81. The van der Waals surface area contributed by atoms with Gasteiger partial charge in [0.2, 0.25) is 0 Å². The molecule has 0 unspecified atom stereocenters. The Labute approximate surface area is 128 Å². The van der Waals surface area contributed by atoms with Crippen molar-refractivity contribution in [2.24, 2.45) is 5.10 Å². The molecule has 0 aliphatic rings. The number of nitrogens with one attached hydrogen (secondary N) is 1. The molecular formula is C17H16N4O. The molecule has 0 aliphatic heterocycles. The first-order valence-corrected chi connectivity index (χ1v) is 6.99. The number of hydrogen-bond acceptors (Lipinski definition) is 3. The SMILES string of the molecule is Cc1nc2c(C)cccn2c1C(=O)N/N=C/c1ccccc1. The van der Waals surface area contributed by atoms with Gasteiger partial charge in [-0.2, -0.15) is 5.10 Å². The van der Waals surface area contributed by atoms with E-state index in [0.29, 0.717) is 11.4 Å². The molecule has 0 saturated carbocycles. The van der Waals surface area contributed by atoms with Crippen LogP contribution in [-0.2, 0) is 0 Å². The molecule has 0 bridgehead atoms. The van der Waals surface area contributed by atoms with Crippen LogP contribution in [-0.4, -0.2) is 21.5 Å². The molecule has 2 aromatic heterocycles. The second-order valence-electron chi connectivity index (χ2n) is 5.04. The van der Waals surface area contributed by atoms with Crippen molar-refractivity contribution >= 4 is 17.8 Å². The van der Waals surface area contributed by atoms with Crippen LogP contribution >= 0.6 is 0 Å². The molecule has 0 fully saturated rings. The highest BCUT2D eigenvalue weighted by atomic mass is 16.2. The van der Waals surface area contributed by atoms with Crippen molar-refractivity contribution in [3.8, 4) is 0 Å². The molecule has 0 radical (unpaired) electrons. The van der Waals surface area contributed by atoms with Crippen molar-refractivity contribution in [2.75, 3.05) is 0 Å². The minimum atomic E-state index is -0.275. The summed E-state index contributed by atoms with van der Waals surface area (Å²) in [6.45, 7) is 3.79. The van der Waals surface area contributed by atoms with Gasteiger partial charge in [0.05, 0.1) is 11.9 Å². The Balaban J connectivity index is 1.85. The van der Waals surface area contributed by atoms with Gasteiger partial charge < -0.3 is 0 Å². The largest absolute Gasteiger partial charge is 0.295 e. The zero-order valence-corrected chi connectivity index (χ0v) is 12.4. The van der Waals surface area contributed by atoms with Crippen LogP contribution in [0.3, 0.4) is 0 Å². The maximum atomic E-state index is 12.4. The second-order valence-corrected chi connectivity index (χ2v) is 5.04. The van der Waals surface area contributed by atoms with Crippen molar-refractivity contribution in [1.82, 2.24) is 14.8 Å². The van der Waals surface area contributed by atoms with E-state index in [9.17, 15) is 4.79 Å². The van der Waals surface area contributed by atoms with E-state index in [4.69, 9.17) is 0 Å². The molecule has 1 aromatic carbocycles. The molecule has 0 saturated heterocycles. The standard InChI is InChI=1S/C17H16N4O/c1-12-7-6-10-21-15(13(2)19-16(12)21)17(22)20-18-11-14-8-4-3-5-9-14/h3-11H,1-2H3,(H,20,22)/b18-11+. The number of pyridine rings is 1. The summed E-state index contributed by atoms with van der Waals surface area (Å²) < 4.78 is 1.79. The number of imidazole rings is 1. The number of hydrazone groups is 1. The number of aromatic nitrogens is 2. The Hall–Kier alpha value is -2.95. The normalized spacial score (nSPS) is 11.2. The smallest absolute Gasteiger partial charge is 0.290 e. The maximum Gasteiger partial charge on any atom is 0.290 e. The van der Waals surface area contributed by atoms with Crippen molar-refractivity contribution in [3.05, 3.63) is 71.2 Å². The predicted molar refractivity (Wildman–Crippen MR) is 86.2 cm³/mol. The van der Waals surface area contributed by atoms with E-state index >= 15 is 0 Å². The Morgan fingerprint density at radius 3 is 2.73 bits per heavy atom. The lowest BCUT2D eigenvalue weighted by atomic mass is 10.2. The van der Waals surface area contributed by atoms with Gasteiger partial charge in [0, 0.05) is 6.20 Å². The highest BCUT2D eigenvalue weighted by Crippen LogP contribution is 2.15. The summed E-state index contributed by atoms with van der Waals surface area (Å²) in [4.78, 5) is 16.8. The van der Waals surface area contributed by atoms with Gasteiger partial charge in [0.15, 0.2) is 0 Å². The number of hydrogen-bond donors (Lipinski definition) is 1. The monoisotopic (exact) mass is 292 g/mol. The van der Waals surface area contributed by atoms with Crippen LogP contribution in [0.25, 0.3) is 5.65 Å². The average molecular weight is 292 g/mol. The lowest BCUT2D eigenvalue weighted by molar-refractivity contribution is 0.0948. The van der Waals surface area contributed by atoms with E-state index in [1.165, 1.54) is 0 Å². The number of aryl methyl sites for hydroxylation is 2. The van der Waals surface area contributed by atoms with Gasteiger partial charge in [-0.1, -0.05) is 36.4 Å². The molecule has 0 atom stereocenters. The number of nitrogens with zero attached hydrogens (tertiary/aromatic N) is 3. The number of carbonyl (C=O) groups is 1. The Morgan fingerprint density at radius 1 is 1.18 bits per heavy atom. The molecule has 1 amide bonds. The fourth-order valence-corrected chi connectivity index (χ4v) is 2.35. The van der Waals surface area contributed by atoms with Gasteiger partial charge in [0.25, 0.3) is 5.91 Å². The van der Waals surface area contributed by atoms with Gasteiger partial charge >= 0.3 is 0 Å². The first-order chi connectivity index (χ1) is 10.7. The van der Waals surface area contributed by atoms with Gasteiger partial charge in [-0.3, -0.25) is 9.20 Å². The molecule has 0 aliphatic carbocycles. The van der Waals surface area contributed by atoms with E-state index < -0.39 is 0 Å². The molecule has 2 heterocycles. The zero-order chi connectivity index (χ0) is 15.5. The first kappa shape index (κ1) is 14.0. The van der Waals surface area contributed by atoms with E-state index in [1.807, 2.05) is 62.5 Å². The van der Waals surface area contributed by atoms with Gasteiger partial charge in [0.1, 0.15) is 11.3 Å². The first-order valence-electron chi connectivity index (χ1n) is 6.99. The topological polar surface area (TPSA) is 58.8 Å². The van der Waals surface area contributed by atoms with Crippen LogP contribution in [0.5, 0.6) is 0 Å². The van der Waals surface area contributed by atoms with Gasteiger partial charge in [-0.15, -0.1) is 0 Å². The zero-order valence-electron chi connectivity index (χ0n) is 12.4. The number of carbonyl (C=O) groups excluding carboxylic acids is 1.